The van der Waals surface area contributed by atoms with Gasteiger partial charge in [0.15, 0.2) is 23.3 Å². The Balaban J connectivity index is 0.000000202. The molecule has 0 amide bonds. The summed E-state index contributed by atoms with van der Waals surface area (Å²) >= 11 is 0. The molecule has 4 aliphatic rings. The zero-order valence-electron chi connectivity index (χ0n) is 71.7. The molecule has 12 aromatic heterocycles. The number of nitrogens with zero attached hydrogens (tertiary/aromatic N) is 24. The molecule has 2 atom stereocenters. The van der Waals surface area contributed by atoms with Gasteiger partial charge in [0.05, 0.1) is 130 Å². The molecule has 47 nitrogen and oxygen atoms in total. The van der Waals surface area contributed by atoms with Crippen LogP contribution in [0.1, 0.15) is 104 Å². The van der Waals surface area contributed by atoms with Gasteiger partial charge in [-0.05, 0) is 114 Å². The Hall–Kier alpha value is -12.4. The number of rotatable bonds is 24. The third-order valence-electron chi connectivity index (χ3n) is 21.2. The maximum absolute atomic E-state index is 12.3. The van der Waals surface area contributed by atoms with Gasteiger partial charge in [0.25, 0.3) is 0 Å². The average Bonchev–Trinajstić information content (AvgIpc) is 1.00. The molecule has 2 unspecified atom stereocenters. The molecule has 692 valence electrons. The predicted octanol–water partition coefficient (Wildman–Crippen LogP) is 7.19. The Bertz CT molecular complexity index is 6580. The van der Waals surface area contributed by atoms with Crippen LogP contribution in [0.25, 0.3) is 89.2 Å². The fourth-order valence-electron chi connectivity index (χ4n) is 13.8. The molecule has 0 bridgehead atoms. The summed E-state index contributed by atoms with van der Waals surface area (Å²) in [4.78, 5) is 82.4. The minimum Gasteiger partial charge on any atom is -0.565 e. The first-order valence-corrected chi connectivity index (χ1v) is 48.2. The number of H-pyrrole nitrogens is 3. The highest BCUT2D eigenvalue weighted by Crippen LogP contribution is 2.47. The van der Waals surface area contributed by atoms with Gasteiger partial charge in [-0.25, -0.2) is 84.1 Å². The van der Waals surface area contributed by atoms with Crippen molar-refractivity contribution in [3.63, 3.8) is 0 Å². The van der Waals surface area contributed by atoms with E-state index in [1.165, 1.54) is 44.3 Å². The molecule has 130 heavy (non-hydrogen) atoms. The Labute approximate surface area is 749 Å². The SMILES string of the molecule is CC(C)(C)C(=O)OCn1ccc2c(-c3cn[nH]c3)ncnc21.CCS(=O)(=O)C1CC(CC#N)(n2cc(-c3ncnc4c3ccn4COC(=O)C(C)(C)C)cn2)C1.CCS(=O)(=O)N1CC(=CC#N)C1.CCS(=O)(=O)N1CC(CC#N)(n2cc(-c3ncnc4[nH]ccc34)cn2)C1.CCS(=O)(=O)N1CC(CC#N)(n2cc(-c3ncnc4[nH]ccc34)cn2)C1.O=[P+]([O-])OO.O=[P+]([O-])OO.[HH].[HH]. The topological polar surface area (TPSA) is 660 Å². The molecule has 0 aromatic carbocycles. The highest BCUT2D eigenvalue weighted by Gasteiger charge is 2.53. The normalized spacial score (nSPS) is 16.8. The van der Waals surface area contributed by atoms with E-state index in [2.05, 4.69) is 103 Å². The minimum atomic E-state index is -3.27. The number of sulfonamides is 3. The summed E-state index contributed by atoms with van der Waals surface area (Å²) in [6.07, 6.45) is 29.8. The van der Waals surface area contributed by atoms with Crippen LogP contribution in [0.15, 0.2) is 136 Å². The fourth-order valence-corrected chi connectivity index (χ4v) is 19.0. The molecule has 4 fully saturated rings. The second-order valence-electron chi connectivity index (χ2n) is 31.8. The second kappa shape index (κ2) is 42.0. The number of carbonyl (C=O) groups excluding carboxylic acids is 2. The monoisotopic (exact) mass is 1910 g/mol. The van der Waals surface area contributed by atoms with Crippen LogP contribution >= 0.6 is 16.5 Å². The number of carbonyl (C=O) groups is 2. The lowest BCUT2D eigenvalue weighted by Crippen LogP contribution is -2.64. The maximum atomic E-state index is 12.3. The van der Waals surface area contributed by atoms with Crippen molar-refractivity contribution in [3.05, 3.63) is 136 Å². The molecule has 53 heteroatoms. The number of hydrogen-bond acceptors (Lipinski definition) is 36. The summed E-state index contributed by atoms with van der Waals surface area (Å²) in [5, 5.41) is 73.2. The van der Waals surface area contributed by atoms with Crippen LogP contribution in [-0.2, 0) is 108 Å². The number of aromatic amines is 3. The molecule has 0 spiro atoms. The Kier molecular flexibility index (Phi) is 32.2. The van der Waals surface area contributed by atoms with Crippen LogP contribution in [0.4, 0.5) is 0 Å². The van der Waals surface area contributed by atoms with E-state index in [-0.39, 0.29) is 96.7 Å². The van der Waals surface area contributed by atoms with E-state index in [1.807, 2.05) is 75.9 Å². The molecule has 1 saturated carbocycles. The van der Waals surface area contributed by atoms with Crippen molar-refractivity contribution in [3.8, 4) is 69.3 Å². The Morgan fingerprint density at radius 1 is 0.531 bits per heavy atom. The van der Waals surface area contributed by atoms with Crippen LogP contribution < -0.4 is 9.79 Å². The van der Waals surface area contributed by atoms with Crippen molar-refractivity contribution >= 4 is 112 Å². The zero-order valence-corrected chi connectivity index (χ0v) is 76.8. The van der Waals surface area contributed by atoms with Gasteiger partial charge in [0, 0.05) is 157 Å². The van der Waals surface area contributed by atoms with Gasteiger partial charge < -0.3 is 29.2 Å². The maximum Gasteiger partial charge on any atom is 0.521 e. The van der Waals surface area contributed by atoms with Crippen molar-refractivity contribution < 1.29 is 94.4 Å². The van der Waals surface area contributed by atoms with Crippen molar-refractivity contribution in [2.24, 2.45) is 10.8 Å². The van der Waals surface area contributed by atoms with Crippen molar-refractivity contribution in [1.82, 2.24) is 111 Å². The number of aromatic nitrogens is 20. The largest absolute Gasteiger partial charge is 0.565 e. The number of nitriles is 4. The average molecular weight is 1910 g/mol. The first-order chi connectivity index (χ1) is 61.6. The van der Waals surface area contributed by atoms with Crippen LogP contribution in [-0.4, -0.2) is 235 Å². The van der Waals surface area contributed by atoms with Crippen LogP contribution in [0.3, 0.4) is 0 Å². The summed E-state index contributed by atoms with van der Waals surface area (Å²) in [5.74, 6) is -0.243. The number of nitrogens with one attached hydrogen (secondary N) is 3. The van der Waals surface area contributed by atoms with E-state index in [9.17, 15) is 59.0 Å². The summed E-state index contributed by atoms with van der Waals surface area (Å²) in [5.41, 5.74) is 6.78. The van der Waals surface area contributed by atoms with Gasteiger partial charge in [-0.3, -0.25) is 37.9 Å². The predicted molar refractivity (Wildman–Crippen MR) is 466 cm³/mol. The van der Waals surface area contributed by atoms with Gasteiger partial charge in [0.1, 0.15) is 59.0 Å². The molecular formula is C77H95N27O20P2S4. The van der Waals surface area contributed by atoms with Crippen LogP contribution in [0.2, 0.25) is 0 Å². The van der Waals surface area contributed by atoms with E-state index in [1.54, 1.807) is 121 Å². The van der Waals surface area contributed by atoms with E-state index >= 15 is 0 Å². The molecule has 15 heterocycles. The number of hydrogen-bond donors (Lipinski definition) is 5. The van der Waals surface area contributed by atoms with Crippen molar-refractivity contribution in [2.45, 2.75) is 137 Å². The van der Waals surface area contributed by atoms with Gasteiger partial charge in [-0.15, -0.1) is 0 Å². The van der Waals surface area contributed by atoms with Gasteiger partial charge in [-0.1, -0.05) is 6.92 Å². The third-order valence-corrected chi connectivity index (χ3v) is 28.9. The molecular weight excluding hydrogens is 1810 g/mol. The molecule has 5 N–H and O–H groups in total. The first kappa shape index (κ1) is 99.8. The minimum absolute atomic E-state index is 0. The fraction of sp³-hybridized carbons (Fsp3) is 0.429. The van der Waals surface area contributed by atoms with E-state index in [0.717, 1.165) is 77.7 Å². The highest BCUT2D eigenvalue weighted by atomic mass is 32.2. The van der Waals surface area contributed by atoms with Crippen molar-refractivity contribution in [2.75, 3.05) is 62.3 Å². The third kappa shape index (κ3) is 23.1. The lowest BCUT2D eigenvalue weighted by atomic mass is 9.74. The van der Waals surface area contributed by atoms with Gasteiger partial charge >= 0.3 is 28.4 Å². The summed E-state index contributed by atoms with van der Waals surface area (Å²) in [7, 11) is -18.8. The first-order valence-electron chi connectivity index (χ1n) is 39.5. The molecule has 16 rings (SSSR count). The number of allylic oxidation sites excluding steroid dienone is 1. The lowest BCUT2D eigenvalue weighted by Gasteiger charge is -2.47. The quantitative estimate of drug-likeness (QED) is 0.0131. The van der Waals surface area contributed by atoms with Gasteiger partial charge in [-0.2, -0.15) is 54.4 Å². The molecule has 3 aliphatic heterocycles. The van der Waals surface area contributed by atoms with Crippen molar-refractivity contribution in [1.29, 1.82) is 21.0 Å². The smallest absolute Gasteiger partial charge is 0.521 e. The van der Waals surface area contributed by atoms with E-state index in [4.69, 9.17) is 44.2 Å². The Morgan fingerprint density at radius 2 is 0.892 bits per heavy atom. The molecule has 3 saturated heterocycles. The van der Waals surface area contributed by atoms with E-state index < -0.39 is 89.1 Å². The molecule has 0 radical (unpaired) electrons. The number of esters is 2. The zero-order chi connectivity index (χ0) is 95.0. The summed E-state index contributed by atoms with van der Waals surface area (Å²) in [6.45, 7) is 19.3. The van der Waals surface area contributed by atoms with E-state index in [0.29, 0.717) is 42.9 Å². The number of sulfone groups is 1. The second-order valence-corrected chi connectivity index (χ2v) is 42.3. The highest BCUT2D eigenvalue weighted by molar-refractivity contribution is 7.92. The molecule has 12 aromatic rings. The lowest BCUT2D eigenvalue weighted by molar-refractivity contribution is -0.245. The van der Waals surface area contributed by atoms with Gasteiger partial charge in [0.2, 0.25) is 30.1 Å². The van der Waals surface area contributed by atoms with Crippen LogP contribution in [0.5, 0.6) is 0 Å². The summed E-state index contributed by atoms with van der Waals surface area (Å²) < 4.78 is 142. The van der Waals surface area contributed by atoms with Crippen LogP contribution in [0, 0.1) is 56.2 Å². The number of ether oxygens (including phenoxy) is 2. The number of fused-ring (bicyclic) bond motifs is 4. The Morgan fingerprint density at radius 3 is 1.24 bits per heavy atom. The standard InChI is InChI=1S/C23H28N6O4S.2C16H17N7O2S.C15H17N5O2.C7H10N2O2S.2HO4P.2H2/c1-5-34(31,32)17-10-23(11-17,7-8-24)29-13-16(12-27-29)19-18-6-9-28(20(18)26-14-25-19)15-33-21(30)22(2,3)4;2*1-2-26(24,25)22-9-16(10-22,4-5-17)23-8-12(7-21-23)14-13-3-6-18-15(13)20-11-19-14;1-15(2,3)14(21)22-9-20-5-4-11-12(10-6-18-19-7-10)16-8-17-13(11)20;1-2-12(10,11)9-5-7(6-9)3-4-8;2*1-4-5(2)3;;/h6,9,12-14,17H,5,7,10-11,15H2,1-4H3;2*3,6-8,11H,2,4,9-10H2,1H3,(H,18,19,20);4-8H,9H2,1-3H3,(H,18,19);3H,2,5-6H2,1H3;2*1H;2*1H. The molecule has 1 aliphatic carbocycles. The summed E-state index contributed by atoms with van der Waals surface area (Å²) in [6, 6.07) is 15.9.